The van der Waals surface area contributed by atoms with Crippen LogP contribution in [0, 0.1) is 0 Å². The van der Waals surface area contributed by atoms with Crippen molar-refractivity contribution in [1.82, 2.24) is 9.78 Å². The molecule has 0 fully saturated rings. The predicted molar refractivity (Wildman–Crippen MR) is 112 cm³/mol. The van der Waals surface area contributed by atoms with Gasteiger partial charge in [-0.15, -0.1) is 0 Å². The zero-order valence-electron chi connectivity index (χ0n) is 15.1. The van der Waals surface area contributed by atoms with E-state index in [1.165, 1.54) is 0 Å². The molecule has 142 valence electrons. The average molecular weight is 413 g/mol. The second kappa shape index (κ2) is 7.84. The molecule has 1 aromatic heterocycles. The molecule has 28 heavy (non-hydrogen) atoms. The van der Waals surface area contributed by atoms with Crippen molar-refractivity contribution >= 4 is 34.1 Å². The smallest absolute Gasteiger partial charge is 0.126 e. The second-order valence-corrected chi connectivity index (χ2v) is 7.26. The molecule has 0 amide bonds. The number of rotatable bonds is 5. The number of methoxy groups -OCH3 is 1. The molecule has 1 atom stereocenters. The largest absolute Gasteiger partial charge is 0.497 e. The van der Waals surface area contributed by atoms with E-state index in [0.717, 1.165) is 22.2 Å². The number of aliphatic hydroxyl groups excluding tert-OH is 1. The summed E-state index contributed by atoms with van der Waals surface area (Å²) in [4.78, 5) is 0. The molecule has 3 aromatic carbocycles. The first-order valence-corrected chi connectivity index (χ1v) is 9.54. The Morgan fingerprint density at radius 2 is 1.64 bits per heavy atom. The lowest BCUT2D eigenvalue weighted by Crippen LogP contribution is -2.06. The summed E-state index contributed by atoms with van der Waals surface area (Å²) in [5, 5.41) is 17.4. The highest BCUT2D eigenvalue weighted by Gasteiger charge is 2.23. The van der Waals surface area contributed by atoms with E-state index in [9.17, 15) is 5.11 Å². The van der Waals surface area contributed by atoms with Gasteiger partial charge in [-0.2, -0.15) is 5.10 Å². The lowest BCUT2D eigenvalue weighted by atomic mass is 10.0. The molecule has 1 unspecified atom stereocenters. The van der Waals surface area contributed by atoms with Crippen LogP contribution in [0.2, 0.25) is 10.0 Å². The molecule has 0 radical (unpaired) electrons. The maximum absolute atomic E-state index is 11.0. The number of ether oxygens (including phenoxy) is 1. The standard InChI is InChI=1S/C22H18Cl2N2O2/c1-28-15-11-9-14(10-12-15)13-26-19-8-3-2-5-16(19)21(25-26)22(27)20-17(23)6-4-7-18(20)24/h2-12,22,27H,13H2,1H3. The Balaban J connectivity index is 1.78. The highest BCUT2D eigenvalue weighted by atomic mass is 35.5. The monoisotopic (exact) mass is 412 g/mol. The summed E-state index contributed by atoms with van der Waals surface area (Å²) in [5.74, 6) is 0.804. The maximum atomic E-state index is 11.0. The van der Waals surface area contributed by atoms with Crippen LogP contribution in [0.15, 0.2) is 66.7 Å². The molecule has 0 aliphatic rings. The fourth-order valence-electron chi connectivity index (χ4n) is 3.29. The van der Waals surface area contributed by atoms with Gasteiger partial charge in [0, 0.05) is 21.0 Å². The second-order valence-electron chi connectivity index (χ2n) is 6.45. The summed E-state index contributed by atoms with van der Waals surface area (Å²) in [6, 6.07) is 20.8. The summed E-state index contributed by atoms with van der Waals surface area (Å²) in [6.07, 6.45) is -1.02. The summed E-state index contributed by atoms with van der Waals surface area (Å²) in [6.45, 7) is 0.563. The van der Waals surface area contributed by atoms with Gasteiger partial charge in [-0.3, -0.25) is 4.68 Å². The minimum Gasteiger partial charge on any atom is -0.497 e. The summed E-state index contributed by atoms with van der Waals surface area (Å²) in [7, 11) is 1.64. The molecular weight excluding hydrogens is 395 g/mol. The third-order valence-corrected chi connectivity index (χ3v) is 5.37. The van der Waals surface area contributed by atoms with Crippen LogP contribution in [0.1, 0.15) is 22.9 Å². The molecule has 0 aliphatic heterocycles. The summed E-state index contributed by atoms with van der Waals surface area (Å²) >= 11 is 12.6. The Labute approximate surface area is 172 Å². The highest BCUT2D eigenvalue weighted by molar-refractivity contribution is 6.36. The number of fused-ring (bicyclic) bond motifs is 1. The number of para-hydroxylation sites is 1. The third-order valence-electron chi connectivity index (χ3n) is 4.71. The number of nitrogens with zero attached hydrogens (tertiary/aromatic N) is 2. The van der Waals surface area contributed by atoms with Gasteiger partial charge in [0.25, 0.3) is 0 Å². The Bertz CT molecular complexity index is 1100. The molecule has 4 aromatic rings. The fourth-order valence-corrected chi connectivity index (χ4v) is 3.89. The Kier molecular flexibility index (Phi) is 5.27. The van der Waals surface area contributed by atoms with Crippen molar-refractivity contribution in [3.8, 4) is 5.75 Å². The van der Waals surface area contributed by atoms with Gasteiger partial charge in [0.15, 0.2) is 0 Å². The number of halogens is 2. The average Bonchev–Trinajstić information content (AvgIpc) is 3.07. The van der Waals surface area contributed by atoms with E-state index in [0.29, 0.717) is 27.8 Å². The molecule has 1 N–H and O–H groups in total. The molecule has 4 nitrogen and oxygen atoms in total. The van der Waals surface area contributed by atoms with E-state index >= 15 is 0 Å². The van der Waals surface area contributed by atoms with E-state index < -0.39 is 6.10 Å². The van der Waals surface area contributed by atoms with Crippen LogP contribution >= 0.6 is 23.2 Å². The third kappa shape index (κ3) is 3.47. The fraction of sp³-hybridized carbons (Fsp3) is 0.136. The normalized spacial score (nSPS) is 12.3. The van der Waals surface area contributed by atoms with Crippen molar-refractivity contribution in [2.24, 2.45) is 0 Å². The van der Waals surface area contributed by atoms with Crippen LogP contribution in [0.4, 0.5) is 0 Å². The van der Waals surface area contributed by atoms with Crippen LogP contribution in [-0.4, -0.2) is 22.0 Å². The van der Waals surface area contributed by atoms with Gasteiger partial charge in [0.1, 0.15) is 17.5 Å². The van der Waals surface area contributed by atoms with E-state index in [2.05, 4.69) is 0 Å². The molecule has 1 heterocycles. The van der Waals surface area contributed by atoms with E-state index in [-0.39, 0.29) is 0 Å². The van der Waals surface area contributed by atoms with Crippen molar-refractivity contribution in [3.05, 3.63) is 93.6 Å². The summed E-state index contributed by atoms with van der Waals surface area (Å²) in [5.41, 5.74) is 2.99. The first kappa shape index (κ1) is 18.8. The molecule has 6 heteroatoms. The van der Waals surface area contributed by atoms with Crippen molar-refractivity contribution < 1.29 is 9.84 Å². The first-order valence-electron chi connectivity index (χ1n) is 8.79. The number of hydrogen-bond donors (Lipinski definition) is 1. The Morgan fingerprint density at radius 1 is 0.964 bits per heavy atom. The minimum atomic E-state index is -1.02. The lowest BCUT2D eigenvalue weighted by molar-refractivity contribution is 0.216. The molecule has 0 saturated carbocycles. The van der Waals surface area contributed by atoms with Crippen molar-refractivity contribution in [1.29, 1.82) is 0 Å². The van der Waals surface area contributed by atoms with E-state index in [4.69, 9.17) is 33.0 Å². The zero-order valence-corrected chi connectivity index (χ0v) is 16.7. The van der Waals surface area contributed by atoms with Crippen LogP contribution in [-0.2, 0) is 6.54 Å². The van der Waals surface area contributed by atoms with Crippen LogP contribution in [0.5, 0.6) is 5.75 Å². The van der Waals surface area contributed by atoms with Crippen LogP contribution in [0.25, 0.3) is 10.9 Å². The molecule has 4 rings (SSSR count). The van der Waals surface area contributed by atoms with Gasteiger partial charge in [-0.1, -0.05) is 59.6 Å². The van der Waals surface area contributed by atoms with Crippen LogP contribution in [0.3, 0.4) is 0 Å². The van der Waals surface area contributed by atoms with Gasteiger partial charge in [0.05, 0.1) is 19.2 Å². The first-order chi connectivity index (χ1) is 13.6. The van der Waals surface area contributed by atoms with Gasteiger partial charge in [-0.25, -0.2) is 0 Å². The van der Waals surface area contributed by atoms with Crippen molar-refractivity contribution in [2.75, 3.05) is 7.11 Å². The molecule has 0 bridgehead atoms. The number of aromatic nitrogens is 2. The Hall–Kier alpha value is -2.53. The van der Waals surface area contributed by atoms with Gasteiger partial charge in [0.2, 0.25) is 0 Å². The Morgan fingerprint density at radius 3 is 2.32 bits per heavy atom. The van der Waals surface area contributed by atoms with Crippen LogP contribution < -0.4 is 4.74 Å². The highest BCUT2D eigenvalue weighted by Crippen LogP contribution is 2.36. The van der Waals surface area contributed by atoms with Gasteiger partial charge >= 0.3 is 0 Å². The topological polar surface area (TPSA) is 47.3 Å². The zero-order chi connectivity index (χ0) is 19.7. The minimum absolute atomic E-state index is 0.411. The number of hydrogen-bond acceptors (Lipinski definition) is 3. The molecule has 0 aliphatic carbocycles. The number of aliphatic hydroxyl groups is 1. The molecule has 0 spiro atoms. The van der Waals surface area contributed by atoms with Crippen molar-refractivity contribution in [3.63, 3.8) is 0 Å². The molecule has 0 saturated heterocycles. The lowest BCUT2D eigenvalue weighted by Gasteiger charge is -2.13. The molecular formula is C22H18Cl2N2O2. The predicted octanol–water partition coefficient (Wildman–Crippen LogP) is 5.48. The quantitative estimate of drug-likeness (QED) is 0.471. The van der Waals surface area contributed by atoms with Gasteiger partial charge < -0.3 is 9.84 Å². The van der Waals surface area contributed by atoms with Crippen molar-refractivity contribution in [2.45, 2.75) is 12.6 Å². The number of benzene rings is 3. The SMILES string of the molecule is COc1ccc(Cn2nc(C(O)c3c(Cl)cccc3Cl)c3ccccc32)cc1. The summed E-state index contributed by atoms with van der Waals surface area (Å²) < 4.78 is 7.09. The van der Waals surface area contributed by atoms with E-state index in [1.807, 2.05) is 53.2 Å². The van der Waals surface area contributed by atoms with Gasteiger partial charge in [-0.05, 0) is 35.9 Å². The maximum Gasteiger partial charge on any atom is 0.126 e. The van der Waals surface area contributed by atoms with E-state index in [1.54, 1.807) is 25.3 Å².